The quantitative estimate of drug-likeness (QED) is 0.916. The van der Waals surface area contributed by atoms with Crippen molar-refractivity contribution in [2.24, 2.45) is 0 Å². The molecule has 2 rings (SSSR count). The first-order valence-electron chi connectivity index (χ1n) is 6.53. The number of nitrogens with zero attached hydrogens (tertiary/aromatic N) is 1. The zero-order valence-electron chi connectivity index (χ0n) is 10.5. The van der Waals surface area contributed by atoms with Gasteiger partial charge in [0, 0.05) is 29.3 Å². The number of benzene rings is 1. The van der Waals surface area contributed by atoms with Gasteiger partial charge in [-0.15, -0.1) is 0 Å². The molecule has 1 unspecified atom stereocenters. The van der Waals surface area contributed by atoms with Gasteiger partial charge in [-0.2, -0.15) is 0 Å². The van der Waals surface area contributed by atoms with E-state index in [-0.39, 0.29) is 0 Å². The predicted molar refractivity (Wildman–Crippen MR) is 77.7 cm³/mol. The van der Waals surface area contributed by atoms with Crippen LogP contribution in [0.25, 0.3) is 0 Å². The molecular weight excluding hydrogens is 276 g/mol. The summed E-state index contributed by atoms with van der Waals surface area (Å²) in [7, 11) is 0. The highest BCUT2D eigenvalue weighted by Gasteiger charge is 2.19. The number of piperidine rings is 1. The fraction of sp³-hybridized carbons (Fsp3) is 0.571. The van der Waals surface area contributed by atoms with Gasteiger partial charge in [0.05, 0.1) is 0 Å². The highest BCUT2D eigenvalue weighted by molar-refractivity contribution is 9.10. The minimum Gasteiger partial charge on any atom is -0.370 e. The molecule has 0 saturated carbocycles. The minimum atomic E-state index is 0.660. The molecule has 1 aromatic carbocycles. The number of anilines is 1. The van der Waals surface area contributed by atoms with E-state index in [0.717, 1.165) is 17.6 Å². The van der Waals surface area contributed by atoms with Crippen molar-refractivity contribution in [3.63, 3.8) is 0 Å². The summed E-state index contributed by atoms with van der Waals surface area (Å²) in [4.78, 5) is 2.49. The number of hydrogen-bond donors (Lipinski definition) is 1. The van der Waals surface area contributed by atoms with Crippen LogP contribution in [0.15, 0.2) is 28.7 Å². The topological polar surface area (TPSA) is 15.3 Å². The zero-order valence-corrected chi connectivity index (χ0v) is 12.0. The maximum absolute atomic E-state index is 3.63. The third-order valence-electron chi connectivity index (χ3n) is 3.30. The van der Waals surface area contributed by atoms with E-state index in [4.69, 9.17) is 0 Å². The Kier molecular flexibility index (Phi) is 4.86. The Labute approximate surface area is 113 Å². The third-order valence-corrected chi connectivity index (χ3v) is 3.82. The van der Waals surface area contributed by atoms with Crippen LogP contribution in [0.2, 0.25) is 0 Å². The van der Waals surface area contributed by atoms with E-state index < -0.39 is 0 Å². The largest absolute Gasteiger partial charge is 0.370 e. The van der Waals surface area contributed by atoms with Crippen molar-refractivity contribution in [2.75, 3.05) is 24.5 Å². The predicted octanol–water partition coefficient (Wildman–Crippen LogP) is 3.42. The Bertz CT molecular complexity index is 337. The molecule has 94 valence electrons. The summed E-state index contributed by atoms with van der Waals surface area (Å²) in [6.07, 6.45) is 3.82. The lowest BCUT2D eigenvalue weighted by atomic mass is 10.0. The maximum Gasteiger partial charge on any atom is 0.0367 e. The van der Waals surface area contributed by atoms with Crippen LogP contribution < -0.4 is 10.2 Å². The highest BCUT2D eigenvalue weighted by atomic mass is 79.9. The van der Waals surface area contributed by atoms with E-state index in [1.165, 1.54) is 31.5 Å². The maximum atomic E-state index is 3.63. The van der Waals surface area contributed by atoms with Crippen molar-refractivity contribution >= 4 is 21.6 Å². The van der Waals surface area contributed by atoms with Crippen molar-refractivity contribution in [1.29, 1.82) is 0 Å². The summed E-state index contributed by atoms with van der Waals surface area (Å²) in [5, 5.41) is 3.63. The monoisotopic (exact) mass is 296 g/mol. The minimum absolute atomic E-state index is 0.660. The molecule has 1 atom stereocenters. The second kappa shape index (κ2) is 6.41. The lowest BCUT2D eigenvalue weighted by Crippen LogP contribution is -2.46. The Balaban J connectivity index is 1.94. The fourth-order valence-corrected chi connectivity index (χ4v) is 2.64. The second-order valence-corrected chi connectivity index (χ2v) is 5.63. The van der Waals surface area contributed by atoms with Crippen molar-refractivity contribution in [1.82, 2.24) is 5.32 Å². The molecule has 3 heteroatoms. The first kappa shape index (κ1) is 12.9. The summed E-state index contributed by atoms with van der Waals surface area (Å²) in [6, 6.07) is 9.31. The summed E-state index contributed by atoms with van der Waals surface area (Å²) >= 11 is 3.48. The Hall–Kier alpha value is -0.540. The smallest absolute Gasteiger partial charge is 0.0367 e. The molecule has 0 bridgehead atoms. The first-order chi connectivity index (χ1) is 8.29. The summed E-state index contributed by atoms with van der Waals surface area (Å²) < 4.78 is 1.15. The number of halogens is 1. The molecule has 0 aromatic heterocycles. The molecule has 1 aliphatic rings. The standard InChI is InChI=1S/C14H21BrN2/c1-2-9-16-13-4-3-10-17(11-13)14-7-5-12(15)6-8-14/h5-8,13,16H,2-4,9-11H2,1H3. The Morgan fingerprint density at radius 3 is 2.82 bits per heavy atom. The second-order valence-electron chi connectivity index (χ2n) is 4.72. The van der Waals surface area contributed by atoms with E-state index in [2.05, 4.69) is 57.3 Å². The molecule has 1 fully saturated rings. The molecular formula is C14H21BrN2. The average Bonchev–Trinajstić information content (AvgIpc) is 2.37. The van der Waals surface area contributed by atoms with Crippen molar-refractivity contribution in [3.8, 4) is 0 Å². The molecule has 2 nitrogen and oxygen atoms in total. The molecule has 0 radical (unpaired) electrons. The molecule has 1 aromatic rings. The highest BCUT2D eigenvalue weighted by Crippen LogP contribution is 2.22. The summed E-state index contributed by atoms with van der Waals surface area (Å²) in [5.74, 6) is 0. The van der Waals surface area contributed by atoms with Gasteiger partial charge in [0.1, 0.15) is 0 Å². The SMILES string of the molecule is CCCNC1CCCN(c2ccc(Br)cc2)C1. The molecule has 0 spiro atoms. The van der Waals surface area contributed by atoms with Crippen LogP contribution in [0, 0.1) is 0 Å². The van der Waals surface area contributed by atoms with Gasteiger partial charge in [0.15, 0.2) is 0 Å². The molecule has 0 amide bonds. The third kappa shape index (κ3) is 3.71. The summed E-state index contributed by atoms with van der Waals surface area (Å²) in [5.41, 5.74) is 1.34. The van der Waals surface area contributed by atoms with Crippen molar-refractivity contribution in [2.45, 2.75) is 32.2 Å². The molecule has 1 heterocycles. The Morgan fingerprint density at radius 2 is 2.12 bits per heavy atom. The van der Waals surface area contributed by atoms with E-state index in [0.29, 0.717) is 6.04 Å². The van der Waals surface area contributed by atoms with Gasteiger partial charge in [-0.1, -0.05) is 22.9 Å². The van der Waals surface area contributed by atoms with Gasteiger partial charge < -0.3 is 10.2 Å². The van der Waals surface area contributed by atoms with Gasteiger partial charge in [-0.25, -0.2) is 0 Å². The number of hydrogen-bond acceptors (Lipinski definition) is 2. The molecule has 17 heavy (non-hydrogen) atoms. The van der Waals surface area contributed by atoms with Gasteiger partial charge in [0.2, 0.25) is 0 Å². The van der Waals surface area contributed by atoms with Gasteiger partial charge >= 0.3 is 0 Å². The molecule has 0 aliphatic carbocycles. The molecule has 1 saturated heterocycles. The lowest BCUT2D eigenvalue weighted by molar-refractivity contribution is 0.423. The summed E-state index contributed by atoms with van der Waals surface area (Å²) in [6.45, 7) is 5.69. The van der Waals surface area contributed by atoms with E-state index in [9.17, 15) is 0 Å². The average molecular weight is 297 g/mol. The van der Waals surface area contributed by atoms with Gasteiger partial charge in [-0.05, 0) is 50.1 Å². The number of nitrogens with one attached hydrogen (secondary N) is 1. The van der Waals surface area contributed by atoms with E-state index in [1.54, 1.807) is 0 Å². The number of rotatable bonds is 4. The van der Waals surface area contributed by atoms with Gasteiger partial charge in [0.25, 0.3) is 0 Å². The van der Waals surface area contributed by atoms with Crippen LogP contribution in [0.4, 0.5) is 5.69 Å². The first-order valence-corrected chi connectivity index (χ1v) is 7.33. The van der Waals surface area contributed by atoms with Crippen LogP contribution in [0.5, 0.6) is 0 Å². The van der Waals surface area contributed by atoms with Crippen molar-refractivity contribution < 1.29 is 0 Å². The van der Waals surface area contributed by atoms with Crippen LogP contribution in [-0.2, 0) is 0 Å². The normalized spacial score (nSPS) is 20.6. The Morgan fingerprint density at radius 1 is 1.35 bits per heavy atom. The lowest BCUT2D eigenvalue weighted by Gasteiger charge is -2.35. The zero-order chi connectivity index (χ0) is 12.1. The van der Waals surface area contributed by atoms with Crippen LogP contribution in [-0.4, -0.2) is 25.7 Å². The van der Waals surface area contributed by atoms with E-state index in [1.807, 2.05) is 0 Å². The molecule has 1 N–H and O–H groups in total. The van der Waals surface area contributed by atoms with E-state index >= 15 is 0 Å². The van der Waals surface area contributed by atoms with Crippen molar-refractivity contribution in [3.05, 3.63) is 28.7 Å². The van der Waals surface area contributed by atoms with Crippen LogP contribution >= 0.6 is 15.9 Å². The van der Waals surface area contributed by atoms with Crippen LogP contribution in [0.1, 0.15) is 26.2 Å². The fourth-order valence-electron chi connectivity index (χ4n) is 2.38. The van der Waals surface area contributed by atoms with Crippen LogP contribution in [0.3, 0.4) is 0 Å². The van der Waals surface area contributed by atoms with Gasteiger partial charge in [-0.3, -0.25) is 0 Å². The molecule has 1 aliphatic heterocycles.